The summed E-state index contributed by atoms with van der Waals surface area (Å²) in [6.07, 6.45) is 3.32. The Kier molecular flexibility index (Phi) is 2.76. The molecule has 0 spiro atoms. The molecule has 3 rings (SSSR count). The number of pyridine rings is 1. The number of aryl methyl sites for hydroxylation is 1. The molecule has 0 bridgehead atoms. The molecular formula is C13H10N6O. The maximum absolute atomic E-state index is 12.3. The number of fused-ring (bicyclic) bond motifs is 1. The molecule has 0 aromatic carbocycles. The molecular weight excluding hydrogens is 256 g/mol. The van der Waals surface area contributed by atoms with Crippen molar-refractivity contribution in [1.82, 2.24) is 24.6 Å². The number of aromatic nitrogens is 5. The quantitative estimate of drug-likeness (QED) is 0.741. The van der Waals surface area contributed by atoms with E-state index in [4.69, 9.17) is 5.26 Å². The zero-order valence-corrected chi connectivity index (χ0v) is 10.7. The van der Waals surface area contributed by atoms with E-state index in [-0.39, 0.29) is 12.0 Å². The first-order valence-electron chi connectivity index (χ1n) is 5.96. The van der Waals surface area contributed by atoms with Crippen LogP contribution < -0.4 is 5.56 Å². The largest absolute Gasteiger partial charge is 0.278 e. The minimum absolute atomic E-state index is 0.0320. The van der Waals surface area contributed by atoms with Crippen LogP contribution in [0.25, 0.3) is 17.2 Å². The summed E-state index contributed by atoms with van der Waals surface area (Å²) in [4.78, 5) is 24.8. The summed E-state index contributed by atoms with van der Waals surface area (Å²) < 4.78 is 1.26. The minimum Gasteiger partial charge on any atom is -0.271 e. The van der Waals surface area contributed by atoms with Crippen molar-refractivity contribution in [2.45, 2.75) is 13.3 Å². The molecule has 7 nitrogen and oxygen atoms in total. The van der Waals surface area contributed by atoms with Crippen molar-refractivity contribution in [3.05, 3.63) is 46.1 Å². The van der Waals surface area contributed by atoms with Crippen LogP contribution in [0.4, 0.5) is 0 Å². The van der Waals surface area contributed by atoms with E-state index in [1.807, 2.05) is 6.07 Å². The molecule has 0 radical (unpaired) electrons. The van der Waals surface area contributed by atoms with Crippen molar-refractivity contribution >= 4 is 5.78 Å². The van der Waals surface area contributed by atoms with Gasteiger partial charge in [0.15, 0.2) is 5.82 Å². The molecule has 0 aliphatic heterocycles. The maximum atomic E-state index is 12.3. The van der Waals surface area contributed by atoms with Gasteiger partial charge >= 0.3 is 0 Å². The molecule has 0 saturated heterocycles. The molecule has 0 atom stereocenters. The Balaban J connectivity index is 2.25. The van der Waals surface area contributed by atoms with E-state index in [9.17, 15) is 4.79 Å². The zero-order chi connectivity index (χ0) is 14.1. The molecule has 3 heterocycles. The van der Waals surface area contributed by atoms with Crippen molar-refractivity contribution in [3.63, 3.8) is 0 Å². The fourth-order valence-corrected chi connectivity index (χ4v) is 1.98. The second-order valence-electron chi connectivity index (χ2n) is 4.26. The summed E-state index contributed by atoms with van der Waals surface area (Å²) in [5, 5.41) is 11.7. The summed E-state index contributed by atoms with van der Waals surface area (Å²) in [5.41, 5.74) is 1.44. The smallest absolute Gasteiger partial charge is 0.271 e. The summed E-state index contributed by atoms with van der Waals surface area (Å²) in [6, 6.07) is 5.54. The zero-order valence-electron chi connectivity index (χ0n) is 10.7. The van der Waals surface area contributed by atoms with Crippen LogP contribution in [0.15, 0.2) is 29.3 Å². The third-order valence-electron chi connectivity index (χ3n) is 3.00. The Labute approximate surface area is 113 Å². The van der Waals surface area contributed by atoms with E-state index < -0.39 is 0 Å². The highest BCUT2D eigenvalue weighted by atomic mass is 16.1. The van der Waals surface area contributed by atoms with Gasteiger partial charge in [-0.1, -0.05) is 0 Å². The highest BCUT2D eigenvalue weighted by Crippen LogP contribution is 2.13. The Bertz CT molecular complexity index is 871. The lowest BCUT2D eigenvalue weighted by molar-refractivity contribution is 0.865. The fourth-order valence-electron chi connectivity index (χ4n) is 1.98. The van der Waals surface area contributed by atoms with E-state index in [0.29, 0.717) is 22.9 Å². The number of nitrogens with zero attached hydrogens (tertiary/aromatic N) is 5. The van der Waals surface area contributed by atoms with Crippen LogP contribution in [0.1, 0.15) is 11.3 Å². The third-order valence-corrected chi connectivity index (χ3v) is 3.00. The van der Waals surface area contributed by atoms with Gasteiger partial charge in [-0.05, 0) is 19.1 Å². The standard InChI is InChI=1S/C13H10N6O/c1-8-10(2-5-14)12(20)19-13(16-8)17-11(18-19)9-3-6-15-7-4-9/h3-4,6-7H,2H2,1H3,(H,16,17,18). The van der Waals surface area contributed by atoms with E-state index in [0.717, 1.165) is 5.56 Å². The Hall–Kier alpha value is -3.01. The van der Waals surface area contributed by atoms with Gasteiger partial charge in [0.2, 0.25) is 0 Å². The van der Waals surface area contributed by atoms with Gasteiger partial charge < -0.3 is 0 Å². The van der Waals surface area contributed by atoms with Crippen molar-refractivity contribution < 1.29 is 0 Å². The number of hydrogen-bond acceptors (Lipinski definition) is 5. The second kappa shape index (κ2) is 4.59. The van der Waals surface area contributed by atoms with Crippen LogP contribution in [-0.2, 0) is 6.42 Å². The minimum atomic E-state index is -0.290. The molecule has 0 unspecified atom stereocenters. The van der Waals surface area contributed by atoms with Crippen LogP contribution in [-0.4, -0.2) is 24.6 Å². The van der Waals surface area contributed by atoms with Gasteiger partial charge in [-0.2, -0.15) is 14.8 Å². The van der Waals surface area contributed by atoms with Gasteiger partial charge in [0.05, 0.1) is 23.7 Å². The van der Waals surface area contributed by atoms with Crippen molar-refractivity contribution in [2.75, 3.05) is 0 Å². The van der Waals surface area contributed by atoms with Crippen LogP contribution in [0.2, 0.25) is 0 Å². The summed E-state index contributed by atoms with van der Waals surface area (Å²) in [6.45, 7) is 1.70. The lowest BCUT2D eigenvalue weighted by Gasteiger charge is -1.99. The lowest BCUT2D eigenvalue weighted by atomic mass is 10.2. The summed E-state index contributed by atoms with van der Waals surface area (Å²) >= 11 is 0. The highest BCUT2D eigenvalue weighted by Gasteiger charge is 2.13. The molecule has 0 amide bonds. The Morgan fingerprint density at radius 3 is 2.80 bits per heavy atom. The first-order chi connectivity index (χ1) is 9.70. The normalized spacial score (nSPS) is 10.6. The maximum Gasteiger partial charge on any atom is 0.278 e. The van der Waals surface area contributed by atoms with Crippen LogP contribution in [0.5, 0.6) is 0 Å². The second-order valence-corrected chi connectivity index (χ2v) is 4.26. The Morgan fingerprint density at radius 2 is 2.10 bits per heavy atom. The predicted molar refractivity (Wildman–Crippen MR) is 70.9 cm³/mol. The SMILES string of the molecule is Cc1nc2nc(-c3ccncc3)[nH]n2c(=O)c1CC#N. The number of aromatic amines is 1. The van der Waals surface area contributed by atoms with Crippen LogP contribution in [0, 0.1) is 18.3 Å². The predicted octanol–water partition coefficient (Wildman–Crippen LogP) is 0.854. The molecule has 0 saturated carbocycles. The van der Waals surface area contributed by atoms with E-state index in [1.165, 1.54) is 4.52 Å². The number of rotatable bonds is 2. The van der Waals surface area contributed by atoms with E-state index >= 15 is 0 Å². The average Bonchev–Trinajstić information content (AvgIpc) is 2.88. The number of nitriles is 1. The van der Waals surface area contributed by atoms with Crippen LogP contribution >= 0.6 is 0 Å². The molecule has 7 heteroatoms. The van der Waals surface area contributed by atoms with Crippen molar-refractivity contribution in [1.29, 1.82) is 5.26 Å². The monoisotopic (exact) mass is 266 g/mol. The van der Waals surface area contributed by atoms with Gasteiger partial charge in [0.25, 0.3) is 11.3 Å². The van der Waals surface area contributed by atoms with Gasteiger partial charge in [-0.3, -0.25) is 14.9 Å². The molecule has 0 aliphatic rings. The first-order valence-corrected chi connectivity index (χ1v) is 5.96. The van der Waals surface area contributed by atoms with Gasteiger partial charge in [0.1, 0.15) is 0 Å². The van der Waals surface area contributed by atoms with Gasteiger partial charge in [-0.25, -0.2) is 4.98 Å². The third kappa shape index (κ3) is 1.83. The molecule has 0 aliphatic carbocycles. The molecule has 3 aromatic heterocycles. The lowest BCUT2D eigenvalue weighted by Crippen LogP contribution is -2.21. The summed E-state index contributed by atoms with van der Waals surface area (Å²) in [7, 11) is 0. The topological polar surface area (TPSA) is 99.7 Å². The summed E-state index contributed by atoms with van der Waals surface area (Å²) in [5.74, 6) is 0.825. The van der Waals surface area contributed by atoms with Crippen molar-refractivity contribution in [3.8, 4) is 17.5 Å². The van der Waals surface area contributed by atoms with E-state index in [2.05, 4.69) is 20.1 Å². The Morgan fingerprint density at radius 1 is 1.35 bits per heavy atom. The average molecular weight is 266 g/mol. The van der Waals surface area contributed by atoms with Gasteiger partial charge in [-0.15, -0.1) is 0 Å². The van der Waals surface area contributed by atoms with Crippen molar-refractivity contribution in [2.24, 2.45) is 0 Å². The van der Waals surface area contributed by atoms with E-state index in [1.54, 1.807) is 31.5 Å². The number of nitrogens with one attached hydrogen (secondary N) is 1. The first kappa shape index (κ1) is 12.0. The molecule has 98 valence electrons. The molecule has 0 fully saturated rings. The van der Waals surface area contributed by atoms with Crippen LogP contribution in [0.3, 0.4) is 0 Å². The molecule has 1 N–H and O–H groups in total. The highest BCUT2D eigenvalue weighted by molar-refractivity contribution is 5.55. The van der Waals surface area contributed by atoms with Gasteiger partial charge in [0, 0.05) is 18.0 Å². The fraction of sp³-hybridized carbons (Fsp3) is 0.154. The molecule has 20 heavy (non-hydrogen) atoms. The molecule has 3 aromatic rings. The number of hydrogen-bond donors (Lipinski definition) is 1. The number of H-pyrrole nitrogens is 1.